The Balaban J connectivity index is 0.000000588. The molecule has 3 rings (SSSR count). The number of carbonyl (C=O) groups excluding carboxylic acids is 1. The molecule has 0 radical (unpaired) electrons. The lowest BCUT2D eigenvalue weighted by Gasteiger charge is -2.09. The summed E-state index contributed by atoms with van der Waals surface area (Å²) in [5.74, 6) is 0.387. The number of carboxylic acid groups (broad SMARTS) is 1. The fraction of sp³-hybridized carbons (Fsp3) is 0.455. The zero-order valence-corrected chi connectivity index (χ0v) is 24.5. The minimum absolute atomic E-state index is 0.0315. The second-order valence-electron chi connectivity index (χ2n) is 8.91. The van der Waals surface area contributed by atoms with E-state index in [0.29, 0.717) is 11.3 Å². The maximum atomic E-state index is 11.5. The topological polar surface area (TPSA) is 72.8 Å². The van der Waals surface area contributed by atoms with E-state index in [1.807, 2.05) is 30.3 Å². The molecule has 0 aliphatic heterocycles. The van der Waals surface area contributed by atoms with E-state index >= 15 is 0 Å². The van der Waals surface area contributed by atoms with Gasteiger partial charge in [-0.3, -0.25) is 4.79 Å². The lowest BCUT2D eigenvalue weighted by molar-refractivity contribution is -0.139. The Kier molecular flexibility index (Phi) is 19.8. The zero-order valence-electron chi connectivity index (χ0n) is 24.5. The molecule has 0 spiro atoms. The second-order valence-corrected chi connectivity index (χ2v) is 8.91. The predicted molar refractivity (Wildman–Crippen MR) is 160 cm³/mol. The van der Waals surface area contributed by atoms with Crippen molar-refractivity contribution < 1.29 is 24.2 Å². The molecule has 0 atom stereocenters. The number of hydrogen-bond acceptors (Lipinski definition) is 4. The van der Waals surface area contributed by atoms with Gasteiger partial charge in [0.15, 0.2) is 12.4 Å². The van der Waals surface area contributed by atoms with Crippen molar-refractivity contribution in [2.75, 3.05) is 13.2 Å². The van der Waals surface area contributed by atoms with Gasteiger partial charge < -0.3 is 14.6 Å². The van der Waals surface area contributed by atoms with Gasteiger partial charge in [-0.1, -0.05) is 109 Å². The normalized spacial score (nSPS) is 9.55. The van der Waals surface area contributed by atoms with Gasteiger partial charge >= 0.3 is 5.97 Å². The number of ether oxygens (including phenoxy) is 2. The number of carbonyl (C=O) groups is 2. The van der Waals surface area contributed by atoms with Crippen molar-refractivity contribution in [1.82, 2.24) is 0 Å². The van der Waals surface area contributed by atoms with E-state index in [4.69, 9.17) is 14.6 Å². The van der Waals surface area contributed by atoms with E-state index in [2.05, 4.69) is 53.7 Å². The van der Waals surface area contributed by atoms with E-state index in [0.717, 1.165) is 29.5 Å². The summed E-state index contributed by atoms with van der Waals surface area (Å²) in [7, 11) is 0. The van der Waals surface area contributed by atoms with Gasteiger partial charge in [-0.25, -0.2) is 4.79 Å². The molecule has 0 aliphatic rings. The number of rotatable bonds is 10. The number of hydrogen-bond donors (Lipinski definition) is 1. The highest BCUT2D eigenvalue weighted by molar-refractivity contribution is 6.08. The van der Waals surface area contributed by atoms with Crippen LogP contribution in [-0.2, 0) is 4.79 Å². The Bertz CT molecular complexity index is 1030. The third-order valence-electron chi connectivity index (χ3n) is 5.40. The Labute approximate surface area is 230 Å². The first-order valence-corrected chi connectivity index (χ1v) is 13.8. The van der Waals surface area contributed by atoms with Crippen molar-refractivity contribution in [1.29, 1.82) is 0 Å². The smallest absolute Gasteiger partial charge is 0.341 e. The van der Waals surface area contributed by atoms with Crippen LogP contribution in [0.25, 0.3) is 10.8 Å². The molecule has 0 bridgehead atoms. The van der Waals surface area contributed by atoms with Crippen LogP contribution in [0.15, 0.2) is 60.7 Å². The SMILES string of the molecule is CC(=O)c1ccc(OCC(=O)O)c2ccccc12.CCCC.CCCC.CCCCOc1ccc(C)cc1. The molecule has 1 N–H and O–H groups in total. The van der Waals surface area contributed by atoms with Crippen LogP contribution >= 0.6 is 0 Å². The number of Topliss-reactive ketones (excluding diaryl/α,β-unsaturated/α-hetero) is 1. The molecule has 0 saturated carbocycles. The first-order valence-electron chi connectivity index (χ1n) is 13.8. The van der Waals surface area contributed by atoms with Crippen LogP contribution in [0.4, 0.5) is 0 Å². The van der Waals surface area contributed by atoms with Crippen LogP contribution in [0, 0.1) is 6.92 Å². The standard InChI is InChI=1S/C14H12O4.C11H16O.2C4H10/c1-9(15)10-6-7-13(18-8-14(16)17)12-5-3-2-4-11(10)12;1-3-4-9-12-11-7-5-10(2)6-8-11;2*1-3-4-2/h2-7H,8H2,1H3,(H,16,17);5-8H,3-4,9H2,1-2H3;2*3-4H2,1-2H3. The van der Waals surface area contributed by atoms with Crippen molar-refractivity contribution in [3.8, 4) is 11.5 Å². The molecule has 0 fully saturated rings. The van der Waals surface area contributed by atoms with Gasteiger partial charge in [0.2, 0.25) is 0 Å². The molecule has 3 aromatic rings. The summed E-state index contributed by atoms with van der Waals surface area (Å²) in [5, 5.41) is 10.1. The molecule has 38 heavy (non-hydrogen) atoms. The first kappa shape index (κ1) is 34.7. The van der Waals surface area contributed by atoms with Gasteiger partial charge in [0, 0.05) is 10.9 Å². The van der Waals surface area contributed by atoms with Crippen LogP contribution in [-0.4, -0.2) is 30.1 Å². The van der Waals surface area contributed by atoms with Crippen molar-refractivity contribution in [3.05, 3.63) is 71.8 Å². The summed E-state index contributed by atoms with van der Waals surface area (Å²) in [6, 6.07) is 18.7. The molecule has 210 valence electrons. The molecule has 0 saturated heterocycles. The van der Waals surface area contributed by atoms with E-state index in [-0.39, 0.29) is 5.78 Å². The minimum Gasteiger partial charge on any atom is -0.494 e. The molecule has 0 heterocycles. The van der Waals surface area contributed by atoms with Crippen molar-refractivity contribution in [2.24, 2.45) is 0 Å². The quantitative estimate of drug-likeness (QED) is 0.211. The van der Waals surface area contributed by atoms with Gasteiger partial charge in [-0.2, -0.15) is 0 Å². The van der Waals surface area contributed by atoms with Crippen LogP contribution in [0.3, 0.4) is 0 Å². The van der Waals surface area contributed by atoms with E-state index in [9.17, 15) is 9.59 Å². The molecule has 0 aromatic heterocycles. The molecule has 0 amide bonds. The lowest BCUT2D eigenvalue weighted by atomic mass is 10.0. The van der Waals surface area contributed by atoms with E-state index in [1.165, 1.54) is 44.6 Å². The number of unbranched alkanes of at least 4 members (excludes halogenated alkanes) is 3. The molecular weight excluding hydrogens is 476 g/mol. The van der Waals surface area contributed by atoms with E-state index in [1.54, 1.807) is 18.2 Å². The molecule has 5 nitrogen and oxygen atoms in total. The summed E-state index contributed by atoms with van der Waals surface area (Å²) in [6.45, 7) is 14.9. The van der Waals surface area contributed by atoms with Crippen LogP contribution in [0.5, 0.6) is 11.5 Å². The number of carboxylic acids is 1. The lowest BCUT2D eigenvalue weighted by Crippen LogP contribution is -2.09. The highest BCUT2D eigenvalue weighted by Crippen LogP contribution is 2.28. The largest absolute Gasteiger partial charge is 0.494 e. The van der Waals surface area contributed by atoms with Crippen molar-refractivity contribution in [3.63, 3.8) is 0 Å². The van der Waals surface area contributed by atoms with E-state index < -0.39 is 12.6 Å². The average molecular weight is 525 g/mol. The molecule has 0 unspecified atom stereocenters. The Morgan fingerprint density at radius 3 is 1.74 bits per heavy atom. The first-order chi connectivity index (χ1) is 18.2. The minimum atomic E-state index is -1.03. The Morgan fingerprint density at radius 2 is 1.26 bits per heavy atom. The summed E-state index contributed by atoms with van der Waals surface area (Å²) < 4.78 is 10.7. The predicted octanol–water partition coefficient (Wildman–Crippen LogP) is 9.29. The number of ketones is 1. The summed E-state index contributed by atoms with van der Waals surface area (Å²) >= 11 is 0. The van der Waals surface area contributed by atoms with Gasteiger partial charge in [0.1, 0.15) is 11.5 Å². The van der Waals surface area contributed by atoms with Crippen LogP contribution in [0.1, 0.15) is 96.0 Å². The average Bonchev–Trinajstić information content (AvgIpc) is 2.93. The maximum absolute atomic E-state index is 11.5. The van der Waals surface area contributed by atoms with Gasteiger partial charge in [-0.15, -0.1) is 0 Å². The fourth-order valence-corrected chi connectivity index (χ4v) is 2.81. The number of benzene rings is 3. The number of aliphatic carboxylic acids is 1. The highest BCUT2D eigenvalue weighted by atomic mass is 16.5. The van der Waals surface area contributed by atoms with Crippen molar-refractivity contribution >= 4 is 22.5 Å². The number of fused-ring (bicyclic) bond motifs is 1. The third-order valence-corrected chi connectivity index (χ3v) is 5.40. The summed E-state index contributed by atoms with van der Waals surface area (Å²) in [5.41, 5.74) is 1.88. The Morgan fingerprint density at radius 1 is 0.711 bits per heavy atom. The second kappa shape index (κ2) is 21.7. The van der Waals surface area contributed by atoms with Crippen molar-refractivity contribution in [2.45, 2.75) is 87.0 Å². The van der Waals surface area contributed by atoms with Gasteiger partial charge in [-0.05, 0) is 49.9 Å². The molecule has 0 aliphatic carbocycles. The molecule has 3 aromatic carbocycles. The monoisotopic (exact) mass is 524 g/mol. The number of aryl methyl sites for hydroxylation is 1. The Hall–Kier alpha value is -3.34. The van der Waals surface area contributed by atoms with Crippen LogP contribution in [0.2, 0.25) is 0 Å². The molecular formula is C33H48O5. The molecule has 5 heteroatoms. The fourth-order valence-electron chi connectivity index (χ4n) is 2.81. The van der Waals surface area contributed by atoms with Gasteiger partial charge in [0.05, 0.1) is 6.61 Å². The summed E-state index contributed by atoms with van der Waals surface area (Å²) in [6.07, 6.45) is 7.60. The maximum Gasteiger partial charge on any atom is 0.341 e. The van der Waals surface area contributed by atoms with Gasteiger partial charge in [0.25, 0.3) is 0 Å². The van der Waals surface area contributed by atoms with Crippen LogP contribution < -0.4 is 9.47 Å². The third kappa shape index (κ3) is 15.0. The summed E-state index contributed by atoms with van der Waals surface area (Å²) in [4.78, 5) is 22.0. The zero-order chi connectivity index (χ0) is 28.8. The highest BCUT2D eigenvalue weighted by Gasteiger charge is 2.10.